The van der Waals surface area contributed by atoms with E-state index >= 15 is 0 Å². The third-order valence-electron chi connectivity index (χ3n) is 5.93. The molecule has 2 rings (SSSR count). The van der Waals surface area contributed by atoms with Gasteiger partial charge in [-0.05, 0) is 60.3 Å². The van der Waals surface area contributed by atoms with E-state index in [4.69, 9.17) is 4.74 Å². The molecule has 0 bridgehead atoms. The van der Waals surface area contributed by atoms with Crippen molar-refractivity contribution in [2.24, 2.45) is 11.3 Å². The van der Waals surface area contributed by atoms with Gasteiger partial charge in [-0.15, -0.1) is 0 Å². The Balaban J connectivity index is 2.76. The van der Waals surface area contributed by atoms with Crippen molar-refractivity contribution in [2.75, 3.05) is 0 Å². The number of carbonyl (C=O) groups is 2. The van der Waals surface area contributed by atoms with Gasteiger partial charge in [-0.2, -0.15) is 0 Å². The molecule has 5 nitrogen and oxygen atoms in total. The number of rotatable bonds is 8. The molecule has 0 radical (unpaired) electrons. The van der Waals surface area contributed by atoms with E-state index in [0.29, 0.717) is 18.4 Å². The minimum atomic E-state index is -1.24. The van der Waals surface area contributed by atoms with Crippen molar-refractivity contribution < 1.29 is 24.5 Å². The van der Waals surface area contributed by atoms with Crippen molar-refractivity contribution in [1.82, 2.24) is 0 Å². The summed E-state index contributed by atoms with van der Waals surface area (Å²) in [6.07, 6.45) is 4.30. The molecule has 2 N–H and O–H groups in total. The standard InChI is InChI=1S/C26H38O5/c1-15(2)9-11-26(12-10-16(3)4)23(28)18-14-20(25(7,8)30)31-22(18)21(24(26)29)19(27)13-17(5)6/h9-10,17,20,28,30H,11-14H2,1-8H3/t20-/m0/s1. The molecule has 5 heteroatoms. The Morgan fingerprint density at radius 1 is 1.16 bits per heavy atom. The van der Waals surface area contributed by atoms with Gasteiger partial charge in [0.25, 0.3) is 0 Å². The molecule has 1 heterocycles. The lowest BCUT2D eigenvalue weighted by molar-refractivity contribution is -0.128. The quantitative estimate of drug-likeness (QED) is 0.392. The largest absolute Gasteiger partial charge is 0.511 e. The van der Waals surface area contributed by atoms with Crippen LogP contribution in [0, 0.1) is 11.3 Å². The van der Waals surface area contributed by atoms with Crippen LogP contribution in [0.25, 0.3) is 0 Å². The van der Waals surface area contributed by atoms with E-state index in [1.165, 1.54) is 0 Å². The lowest BCUT2D eigenvalue weighted by Crippen LogP contribution is -2.40. The molecular weight excluding hydrogens is 392 g/mol. The second-order valence-electron chi connectivity index (χ2n) is 10.4. The Morgan fingerprint density at radius 3 is 2.10 bits per heavy atom. The maximum atomic E-state index is 13.9. The maximum Gasteiger partial charge on any atom is 0.184 e. The predicted octanol–water partition coefficient (Wildman–Crippen LogP) is 5.51. The predicted molar refractivity (Wildman–Crippen MR) is 122 cm³/mol. The molecule has 1 aliphatic carbocycles. The fraction of sp³-hybridized carbons (Fsp3) is 0.615. The summed E-state index contributed by atoms with van der Waals surface area (Å²) in [6.45, 7) is 14.9. The highest BCUT2D eigenvalue weighted by Crippen LogP contribution is 2.51. The van der Waals surface area contributed by atoms with Crippen LogP contribution >= 0.6 is 0 Å². The zero-order valence-corrected chi connectivity index (χ0v) is 20.3. The average Bonchev–Trinajstić information content (AvgIpc) is 3.05. The SMILES string of the molecule is CC(C)=CCC1(CC=C(C)C)C(=O)C(C(=O)CC(C)C)=C2O[C@H](C(C)(C)O)CC2=C1O. The molecule has 0 saturated carbocycles. The van der Waals surface area contributed by atoms with E-state index in [2.05, 4.69) is 0 Å². The normalized spacial score (nSPS) is 20.6. The van der Waals surface area contributed by atoms with Gasteiger partial charge < -0.3 is 14.9 Å². The highest BCUT2D eigenvalue weighted by Gasteiger charge is 2.54. The monoisotopic (exact) mass is 430 g/mol. The fourth-order valence-electron chi connectivity index (χ4n) is 4.02. The van der Waals surface area contributed by atoms with Crippen molar-refractivity contribution in [3.8, 4) is 0 Å². The number of aliphatic hydroxyl groups is 2. The van der Waals surface area contributed by atoms with E-state index in [1.54, 1.807) is 13.8 Å². The van der Waals surface area contributed by atoms with Gasteiger partial charge >= 0.3 is 0 Å². The molecule has 1 fully saturated rings. The third kappa shape index (κ3) is 5.20. The van der Waals surface area contributed by atoms with Crippen LogP contribution in [0.5, 0.6) is 0 Å². The average molecular weight is 431 g/mol. The smallest absolute Gasteiger partial charge is 0.184 e. The van der Waals surface area contributed by atoms with Gasteiger partial charge in [-0.3, -0.25) is 9.59 Å². The molecule has 2 aliphatic rings. The van der Waals surface area contributed by atoms with Crippen LogP contribution in [-0.2, 0) is 14.3 Å². The lowest BCUT2D eigenvalue weighted by Gasteiger charge is -2.35. The van der Waals surface area contributed by atoms with E-state index in [9.17, 15) is 19.8 Å². The number of carbonyl (C=O) groups excluding carboxylic acids is 2. The number of ether oxygens (including phenoxy) is 1. The van der Waals surface area contributed by atoms with Crippen LogP contribution in [0.1, 0.15) is 81.1 Å². The van der Waals surface area contributed by atoms with Gasteiger partial charge in [0, 0.05) is 18.4 Å². The van der Waals surface area contributed by atoms with Crippen LogP contribution < -0.4 is 0 Å². The summed E-state index contributed by atoms with van der Waals surface area (Å²) in [7, 11) is 0. The molecule has 31 heavy (non-hydrogen) atoms. The van der Waals surface area contributed by atoms with E-state index in [0.717, 1.165) is 11.1 Å². The summed E-state index contributed by atoms with van der Waals surface area (Å²) in [5.74, 6) is -0.454. The Morgan fingerprint density at radius 2 is 1.68 bits per heavy atom. The van der Waals surface area contributed by atoms with Crippen molar-refractivity contribution >= 4 is 11.6 Å². The zero-order chi connectivity index (χ0) is 23.7. The van der Waals surface area contributed by atoms with Crippen molar-refractivity contribution in [3.63, 3.8) is 0 Å². The number of fused-ring (bicyclic) bond motifs is 1. The summed E-state index contributed by atoms with van der Waals surface area (Å²) < 4.78 is 5.97. The summed E-state index contributed by atoms with van der Waals surface area (Å²) in [4.78, 5) is 27.2. The molecule has 0 aromatic rings. The van der Waals surface area contributed by atoms with Gasteiger partial charge in [0.05, 0.1) is 11.0 Å². The first-order valence-corrected chi connectivity index (χ1v) is 11.1. The molecule has 0 amide bonds. The second-order valence-corrected chi connectivity index (χ2v) is 10.4. The van der Waals surface area contributed by atoms with Crippen LogP contribution in [0.4, 0.5) is 0 Å². The molecule has 0 spiro atoms. The van der Waals surface area contributed by atoms with Crippen molar-refractivity contribution in [1.29, 1.82) is 0 Å². The number of ketones is 2. The van der Waals surface area contributed by atoms with Crippen LogP contribution in [-0.4, -0.2) is 33.5 Å². The number of hydrogen-bond acceptors (Lipinski definition) is 5. The Hall–Kier alpha value is -2.14. The molecule has 1 aliphatic heterocycles. The molecule has 1 saturated heterocycles. The van der Waals surface area contributed by atoms with Crippen LogP contribution in [0.15, 0.2) is 46.0 Å². The van der Waals surface area contributed by atoms with Gasteiger partial charge in [-0.25, -0.2) is 0 Å². The molecule has 172 valence electrons. The second kappa shape index (κ2) is 9.15. The number of Topliss-reactive ketones (excluding diaryl/α,β-unsaturated/α-hetero) is 2. The minimum absolute atomic E-state index is 0.0321. The molecular formula is C26H38O5. The van der Waals surface area contributed by atoms with Crippen molar-refractivity contribution in [3.05, 3.63) is 46.0 Å². The fourth-order valence-corrected chi connectivity index (χ4v) is 4.02. The van der Waals surface area contributed by atoms with Crippen LogP contribution in [0.2, 0.25) is 0 Å². The Labute approximate surface area is 186 Å². The van der Waals surface area contributed by atoms with Gasteiger partial charge in [0.1, 0.15) is 23.2 Å². The Bertz CT molecular complexity index is 846. The maximum absolute atomic E-state index is 13.9. The third-order valence-corrected chi connectivity index (χ3v) is 5.93. The van der Waals surface area contributed by atoms with Crippen LogP contribution in [0.3, 0.4) is 0 Å². The summed E-state index contributed by atoms with van der Waals surface area (Å²) in [5, 5.41) is 22.0. The minimum Gasteiger partial charge on any atom is -0.511 e. The van der Waals surface area contributed by atoms with E-state index in [1.807, 2.05) is 53.7 Å². The topological polar surface area (TPSA) is 83.8 Å². The Kier molecular flexibility index (Phi) is 7.42. The van der Waals surface area contributed by atoms with Gasteiger partial charge in [0.2, 0.25) is 0 Å². The summed E-state index contributed by atoms with van der Waals surface area (Å²) in [6, 6.07) is 0. The lowest BCUT2D eigenvalue weighted by atomic mass is 9.66. The first-order valence-electron chi connectivity index (χ1n) is 11.1. The molecule has 0 aromatic heterocycles. The molecule has 0 aromatic carbocycles. The first kappa shape index (κ1) is 25.1. The highest BCUT2D eigenvalue weighted by atomic mass is 16.5. The van der Waals surface area contributed by atoms with Gasteiger partial charge in [-0.1, -0.05) is 37.1 Å². The molecule has 0 unspecified atom stereocenters. The number of aliphatic hydroxyl groups excluding tert-OH is 1. The highest BCUT2D eigenvalue weighted by molar-refractivity contribution is 6.24. The number of allylic oxidation sites excluding steroid dienone is 7. The van der Waals surface area contributed by atoms with Gasteiger partial charge in [0.15, 0.2) is 11.6 Å². The summed E-state index contributed by atoms with van der Waals surface area (Å²) >= 11 is 0. The van der Waals surface area contributed by atoms with Crippen molar-refractivity contribution in [2.45, 2.75) is 92.8 Å². The summed E-state index contributed by atoms with van der Waals surface area (Å²) in [5.41, 5.74) is 0.150. The van der Waals surface area contributed by atoms with E-state index in [-0.39, 0.29) is 47.4 Å². The number of hydrogen-bond donors (Lipinski definition) is 2. The zero-order valence-electron chi connectivity index (χ0n) is 20.3. The van der Waals surface area contributed by atoms with E-state index < -0.39 is 17.1 Å². The molecule has 1 atom stereocenters. The first-order chi connectivity index (χ1) is 14.2.